The first-order valence-corrected chi connectivity index (χ1v) is 12.4. The second-order valence-corrected chi connectivity index (χ2v) is 9.88. The van der Waals surface area contributed by atoms with Gasteiger partial charge in [0.1, 0.15) is 18.2 Å². The van der Waals surface area contributed by atoms with Gasteiger partial charge in [0, 0.05) is 31.4 Å². The number of ether oxygens (including phenoxy) is 1. The smallest absolute Gasteiger partial charge is 0.228 e. The lowest BCUT2D eigenvalue weighted by atomic mass is 9.75. The topological polar surface area (TPSA) is 45.7 Å². The summed E-state index contributed by atoms with van der Waals surface area (Å²) in [5, 5.41) is 0. The highest BCUT2D eigenvalue weighted by Gasteiger charge is 2.51. The Kier molecular flexibility index (Phi) is 6.82. The predicted molar refractivity (Wildman–Crippen MR) is 133 cm³/mol. The third-order valence-electron chi connectivity index (χ3n) is 7.59. The van der Waals surface area contributed by atoms with Gasteiger partial charge in [-0.2, -0.15) is 0 Å². The van der Waals surface area contributed by atoms with Gasteiger partial charge in [0.2, 0.25) is 5.91 Å². The first-order chi connectivity index (χ1) is 17.0. The fraction of sp³-hybridized carbons (Fsp3) is 0.379. The second kappa shape index (κ2) is 10.2. The number of aromatic nitrogens is 1. The van der Waals surface area contributed by atoms with Crippen LogP contribution >= 0.6 is 0 Å². The average Bonchev–Trinajstić information content (AvgIpc) is 3.10. The van der Waals surface area contributed by atoms with Gasteiger partial charge in [0.25, 0.3) is 0 Å². The maximum atomic E-state index is 13.7. The summed E-state index contributed by atoms with van der Waals surface area (Å²) in [7, 11) is 1.91. The number of hydrogen-bond acceptors (Lipinski definition) is 4. The van der Waals surface area contributed by atoms with E-state index in [1.165, 1.54) is 6.07 Å². The van der Waals surface area contributed by atoms with Gasteiger partial charge >= 0.3 is 0 Å². The van der Waals surface area contributed by atoms with Crippen LogP contribution in [0.3, 0.4) is 0 Å². The number of hydrogen-bond donors (Lipinski definition) is 0. The molecule has 1 spiro atoms. The minimum Gasteiger partial charge on any atom is -0.487 e. The number of pyridine rings is 1. The summed E-state index contributed by atoms with van der Waals surface area (Å²) in [6.45, 7) is 2.99. The largest absolute Gasteiger partial charge is 0.487 e. The van der Waals surface area contributed by atoms with E-state index in [0.717, 1.165) is 61.5 Å². The van der Waals surface area contributed by atoms with E-state index < -0.39 is 0 Å². The van der Waals surface area contributed by atoms with Crippen LogP contribution in [-0.2, 0) is 24.4 Å². The van der Waals surface area contributed by atoms with E-state index in [1.54, 1.807) is 18.3 Å². The van der Waals surface area contributed by atoms with E-state index in [2.05, 4.69) is 16.0 Å². The fourth-order valence-corrected chi connectivity index (χ4v) is 5.57. The third kappa shape index (κ3) is 5.22. The number of benzene rings is 2. The van der Waals surface area contributed by atoms with Gasteiger partial charge in [0.15, 0.2) is 0 Å². The Morgan fingerprint density at radius 1 is 1.06 bits per heavy atom. The maximum Gasteiger partial charge on any atom is 0.228 e. The molecule has 3 aromatic rings. The molecule has 1 aromatic heterocycles. The maximum absolute atomic E-state index is 13.7. The van der Waals surface area contributed by atoms with Crippen LogP contribution in [0.2, 0.25) is 0 Å². The Balaban J connectivity index is 1.19. The van der Waals surface area contributed by atoms with E-state index in [-0.39, 0.29) is 23.2 Å². The Bertz CT molecular complexity index is 1160. The molecule has 2 fully saturated rings. The van der Waals surface area contributed by atoms with Crippen molar-refractivity contribution in [1.29, 1.82) is 0 Å². The van der Waals surface area contributed by atoms with Crippen LogP contribution in [0.4, 0.5) is 4.39 Å². The lowest BCUT2D eigenvalue weighted by Crippen LogP contribution is -2.43. The molecule has 1 amide bonds. The Morgan fingerprint density at radius 3 is 2.63 bits per heavy atom. The zero-order chi connectivity index (χ0) is 24.3. The zero-order valence-electron chi connectivity index (χ0n) is 20.2. The number of rotatable bonds is 7. The highest BCUT2D eigenvalue weighted by atomic mass is 19.1. The first kappa shape index (κ1) is 23.5. The molecule has 0 aliphatic carbocycles. The van der Waals surface area contributed by atoms with Gasteiger partial charge < -0.3 is 9.64 Å². The summed E-state index contributed by atoms with van der Waals surface area (Å²) in [5.74, 6) is 0.907. The Hall–Kier alpha value is -3.25. The third-order valence-corrected chi connectivity index (χ3v) is 7.59. The highest BCUT2D eigenvalue weighted by Crippen LogP contribution is 2.45. The number of amides is 1. The molecule has 1 atom stereocenters. The number of likely N-dealkylation sites (tertiary alicyclic amines) is 2. The number of nitrogens with zero attached hydrogens (tertiary/aromatic N) is 3. The van der Waals surface area contributed by atoms with Crippen LogP contribution in [0.5, 0.6) is 5.75 Å². The minimum absolute atomic E-state index is 0.122. The van der Waals surface area contributed by atoms with Crippen molar-refractivity contribution in [3.05, 3.63) is 95.6 Å². The van der Waals surface area contributed by atoms with Crippen molar-refractivity contribution in [1.82, 2.24) is 14.8 Å². The number of carbonyl (C=O) groups is 1. The van der Waals surface area contributed by atoms with Gasteiger partial charge in [-0.3, -0.25) is 14.7 Å². The molecule has 2 aliphatic heterocycles. The van der Waals surface area contributed by atoms with E-state index in [4.69, 9.17) is 4.74 Å². The molecule has 0 saturated carbocycles. The number of para-hydroxylation sites is 1. The van der Waals surface area contributed by atoms with Crippen molar-refractivity contribution in [3.63, 3.8) is 0 Å². The van der Waals surface area contributed by atoms with Crippen molar-refractivity contribution >= 4 is 5.91 Å². The molecular weight excluding hydrogens is 441 g/mol. The van der Waals surface area contributed by atoms with Crippen LogP contribution in [0.15, 0.2) is 72.9 Å². The van der Waals surface area contributed by atoms with Gasteiger partial charge in [-0.1, -0.05) is 36.4 Å². The van der Waals surface area contributed by atoms with Crippen LogP contribution in [0.1, 0.15) is 36.1 Å². The predicted octanol–water partition coefficient (Wildman–Crippen LogP) is 4.86. The first-order valence-electron chi connectivity index (χ1n) is 12.4. The second-order valence-electron chi connectivity index (χ2n) is 9.88. The normalized spacial score (nSPS) is 19.9. The minimum atomic E-state index is -0.293. The number of carbonyl (C=O) groups excluding carboxylic acids is 1. The quantitative estimate of drug-likeness (QED) is 0.492. The van der Waals surface area contributed by atoms with Gasteiger partial charge in [-0.25, -0.2) is 4.39 Å². The molecule has 35 heavy (non-hydrogen) atoms. The molecule has 0 bridgehead atoms. The SMILES string of the molecule is CN1C(=O)C2(CCN(Cc3ccccc3OCc3ccccn3)CC2)C[C@H]1Cc1cccc(F)c1. The molecule has 2 aliphatic rings. The van der Waals surface area contributed by atoms with Crippen molar-refractivity contribution in [2.24, 2.45) is 5.41 Å². The summed E-state index contributed by atoms with van der Waals surface area (Å²) in [5.41, 5.74) is 2.71. The molecule has 0 unspecified atom stereocenters. The summed E-state index contributed by atoms with van der Waals surface area (Å²) in [6.07, 6.45) is 5.03. The molecule has 3 heterocycles. The van der Waals surface area contributed by atoms with Crippen LogP contribution in [-0.4, -0.2) is 46.9 Å². The van der Waals surface area contributed by atoms with Gasteiger partial charge in [-0.05, 0) is 74.7 Å². The average molecular weight is 474 g/mol. The highest BCUT2D eigenvalue weighted by molar-refractivity contribution is 5.85. The van der Waals surface area contributed by atoms with Gasteiger partial charge in [-0.15, -0.1) is 0 Å². The number of piperidine rings is 1. The van der Waals surface area contributed by atoms with Crippen molar-refractivity contribution in [3.8, 4) is 5.75 Å². The summed E-state index contributed by atoms with van der Waals surface area (Å²) < 4.78 is 19.7. The summed E-state index contributed by atoms with van der Waals surface area (Å²) >= 11 is 0. The molecule has 5 nitrogen and oxygen atoms in total. The molecule has 2 saturated heterocycles. The Morgan fingerprint density at radius 2 is 1.86 bits per heavy atom. The van der Waals surface area contributed by atoms with Crippen molar-refractivity contribution < 1.29 is 13.9 Å². The van der Waals surface area contributed by atoms with E-state index in [1.807, 2.05) is 54.4 Å². The van der Waals surface area contributed by atoms with Gasteiger partial charge in [0.05, 0.1) is 11.1 Å². The molecule has 5 rings (SSSR count). The molecule has 0 N–H and O–H groups in total. The van der Waals surface area contributed by atoms with E-state index in [9.17, 15) is 9.18 Å². The number of halogens is 1. The molecule has 182 valence electrons. The molecule has 0 radical (unpaired) electrons. The standard InChI is InChI=1S/C29H32FN3O2/c1-32-26(18-22-7-6-9-24(30)17-22)19-29(28(32)34)12-15-33(16-13-29)20-23-8-2-3-11-27(23)35-21-25-10-4-5-14-31-25/h2-11,14,17,26H,12-13,15-16,18-21H2,1H3/t26-/m1/s1. The molecule has 6 heteroatoms. The van der Waals surface area contributed by atoms with E-state index in [0.29, 0.717) is 13.0 Å². The molecule has 2 aromatic carbocycles. The van der Waals surface area contributed by atoms with Crippen molar-refractivity contribution in [2.75, 3.05) is 20.1 Å². The zero-order valence-corrected chi connectivity index (χ0v) is 20.2. The summed E-state index contributed by atoms with van der Waals surface area (Å²) in [6, 6.07) is 20.8. The molecular formula is C29H32FN3O2. The fourth-order valence-electron chi connectivity index (χ4n) is 5.57. The van der Waals surface area contributed by atoms with E-state index >= 15 is 0 Å². The lowest BCUT2D eigenvalue weighted by molar-refractivity contribution is -0.137. The van der Waals surface area contributed by atoms with Crippen molar-refractivity contribution in [2.45, 2.75) is 44.9 Å². The monoisotopic (exact) mass is 473 g/mol. The number of likely N-dealkylation sites (N-methyl/N-ethyl adjacent to an activating group) is 1. The van der Waals surface area contributed by atoms with Crippen LogP contribution < -0.4 is 4.74 Å². The van der Waals surface area contributed by atoms with Crippen LogP contribution in [0, 0.1) is 11.2 Å². The van der Waals surface area contributed by atoms with Crippen LogP contribution in [0.25, 0.3) is 0 Å². The Labute approximate surface area is 206 Å². The summed E-state index contributed by atoms with van der Waals surface area (Å²) in [4.78, 5) is 22.0. The lowest BCUT2D eigenvalue weighted by Gasteiger charge is -2.38.